The summed E-state index contributed by atoms with van der Waals surface area (Å²) in [5.41, 5.74) is 3.40. The summed E-state index contributed by atoms with van der Waals surface area (Å²) >= 11 is 11.6. The molecule has 0 aliphatic rings. The fraction of sp³-hybridized carbons (Fsp3) is 0.308. The first-order chi connectivity index (χ1) is 9.42. The normalized spacial score (nSPS) is 11.1. The van der Waals surface area contributed by atoms with Gasteiger partial charge in [0.05, 0.1) is 16.5 Å². The number of benzene rings is 1. The van der Waals surface area contributed by atoms with Gasteiger partial charge in [0.1, 0.15) is 0 Å². The zero-order valence-electron chi connectivity index (χ0n) is 11.2. The Hall–Kier alpha value is -1.59. The molecule has 20 heavy (non-hydrogen) atoms. The summed E-state index contributed by atoms with van der Waals surface area (Å²) in [6.45, 7) is 3.38. The van der Waals surface area contributed by atoms with E-state index in [0.29, 0.717) is 27.9 Å². The Balaban J connectivity index is 2.54. The Morgan fingerprint density at radius 3 is 2.50 bits per heavy atom. The maximum absolute atomic E-state index is 11.8. The number of carbonyl (C=O) groups excluding carboxylic acids is 2. The predicted molar refractivity (Wildman–Crippen MR) is 81.3 cm³/mol. The van der Waals surface area contributed by atoms with Crippen molar-refractivity contribution in [3.63, 3.8) is 0 Å². The van der Waals surface area contributed by atoms with Crippen LogP contribution < -0.4 is 10.7 Å². The van der Waals surface area contributed by atoms with Gasteiger partial charge < -0.3 is 5.32 Å². The third-order valence-electron chi connectivity index (χ3n) is 2.31. The standard InChI is InChI=1S/C13H15Cl2N3O2/c1-3-12(19)18-17-8(2)6-13(20)16-9-4-5-10(14)11(15)7-9/h4-5,7H,3,6H2,1-2H3,(H,16,20)(H,18,19)/b17-8-. The number of nitrogens with one attached hydrogen (secondary N) is 2. The van der Waals surface area contributed by atoms with Crippen LogP contribution in [0.3, 0.4) is 0 Å². The summed E-state index contributed by atoms with van der Waals surface area (Å²) in [5.74, 6) is -0.454. The second-order valence-electron chi connectivity index (χ2n) is 4.09. The van der Waals surface area contributed by atoms with E-state index < -0.39 is 0 Å². The SMILES string of the molecule is CCC(=O)N/N=C(/C)CC(=O)Nc1ccc(Cl)c(Cl)c1. The summed E-state index contributed by atoms with van der Waals surface area (Å²) in [4.78, 5) is 22.8. The molecule has 0 saturated carbocycles. The van der Waals surface area contributed by atoms with Gasteiger partial charge in [0, 0.05) is 17.8 Å². The van der Waals surface area contributed by atoms with E-state index in [1.54, 1.807) is 32.0 Å². The first-order valence-electron chi connectivity index (χ1n) is 5.99. The minimum Gasteiger partial charge on any atom is -0.326 e. The van der Waals surface area contributed by atoms with Gasteiger partial charge in [0.25, 0.3) is 0 Å². The summed E-state index contributed by atoms with van der Waals surface area (Å²) in [7, 11) is 0. The van der Waals surface area contributed by atoms with Gasteiger partial charge in [-0.3, -0.25) is 9.59 Å². The molecule has 1 aromatic rings. The number of halogens is 2. The van der Waals surface area contributed by atoms with E-state index in [1.165, 1.54) is 0 Å². The fourth-order valence-electron chi connectivity index (χ4n) is 1.29. The molecule has 108 valence electrons. The number of hydrazone groups is 1. The summed E-state index contributed by atoms with van der Waals surface area (Å²) in [6.07, 6.45) is 0.413. The molecule has 5 nitrogen and oxygen atoms in total. The van der Waals surface area contributed by atoms with Crippen molar-refractivity contribution in [1.29, 1.82) is 0 Å². The Morgan fingerprint density at radius 2 is 1.90 bits per heavy atom. The number of anilines is 1. The lowest BCUT2D eigenvalue weighted by atomic mass is 10.2. The van der Waals surface area contributed by atoms with Crippen molar-refractivity contribution < 1.29 is 9.59 Å². The number of carbonyl (C=O) groups is 2. The first-order valence-corrected chi connectivity index (χ1v) is 6.75. The summed E-state index contributed by atoms with van der Waals surface area (Å²) in [5, 5.41) is 7.27. The molecule has 1 aromatic carbocycles. The topological polar surface area (TPSA) is 70.6 Å². The molecule has 0 fully saturated rings. The number of hydrogen-bond acceptors (Lipinski definition) is 3. The zero-order chi connectivity index (χ0) is 15.1. The molecule has 0 unspecified atom stereocenters. The maximum atomic E-state index is 11.8. The van der Waals surface area contributed by atoms with Gasteiger partial charge in [-0.15, -0.1) is 0 Å². The van der Waals surface area contributed by atoms with Crippen LogP contribution in [-0.4, -0.2) is 17.5 Å². The van der Waals surface area contributed by atoms with E-state index in [9.17, 15) is 9.59 Å². The average molecular weight is 316 g/mol. The Labute approximate surface area is 127 Å². The van der Waals surface area contributed by atoms with Gasteiger partial charge in [-0.1, -0.05) is 30.1 Å². The van der Waals surface area contributed by atoms with E-state index >= 15 is 0 Å². The van der Waals surface area contributed by atoms with Crippen molar-refractivity contribution in [1.82, 2.24) is 5.43 Å². The minimum absolute atomic E-state index is 0.0737. The molecule has 7 heteroatoms. The van der Waals surface area contributed by atoms with Crippen molar-refractivity contribution in [3.05, 3.63) is 28.2 Å². The Morgan fingerprint density at radius 1 is 1.20 bits per heavy atom. The van der Waals surface area contributed by atoms with Gasteiger partial charge in [-0.2, -0.15) is 5.10 Å². The van der Waals surface area contributed by atoms with E-state index in [4.69, 9.17) is 23.2 Å². The highest BCUT2D eigenvalue weighted by Crippen LogP contribution is 2.24. The molecule has 0 heterocycles. The maximum Gasteiger partial charge on any atom is 0.239 e. The highest BCUT2D eigenvalue weighted by atomic mass is 35.5. The van der Waals surface area contributed by atoms with Crippen molar-refractivity contribution in [2.75, 3.05) is 5.32 Å². The number of rotatable bonds is 5. The fourth-order valence-corrected chi connectivity index (χ4v) is 1.59. The van der Waals surface area contributed by atoms with Gasteiger partial charge in [-0.05, 0) is 25.1 Å². The van der Waals surface area contributed by atoms with Crippen LogP contribution in [0.25, 0.3) is 0 Å². The highest BCUT2D eigenvalue weighted by molar-refractivity contribution is 6.42. The van der Waals surface area contributed by atoms with Crippen LogP contribution in [0.15, 0.2) is 23.3 Å². The molecule has 0 aliphatic heterocycles. The smallest absolute Gasteiger partial charge is 0.239 e. The highest BCUT2D eigenvalue weighted by Gasteiger charge is 2.06. The van der Waals surface area contributed by atoms with Gasteiger partial charge >= 0.3 is 0 Å². The molecule has 0 saturated heterocycles. The van der Waals surface area contributed by atoms with Crippen LogP contribution in [0, 0.1) is 0 Å². The van der Waals surface area contributed by atoms with Gasteiger partial charge in [0.2, 0.25) is 11.8 Å². The Bertz CT molecular complexity index is 544. The lowest BCUT2D eigenvalue weighted by Crippen LogP contribution is -2.20. The number of amides is 2. The third kappa shape index (κ3) is 5.59. The minimum atomic E-state index is -0.254. The summed E-state index contributed by atoms with van der Waals surface area (Å²) < 4.78 is 0. The summed E-state index contributed by atoms with van der Waals surface area (Å²) in [6, 6.07) is 4.81. The molecule has 0 aromatic heterocycles. The van der Waals surface area contributed by atoms with Crippen molar-refractivity contribution in [2.45, 2.75) is 26.7 Å². The molecule has 0 aliphatic carbocycles. The van der Waals surface area contributed by atoms with Crippen LogP contribution in [0.4, 0.5) is 5.69 Å². The van der Waals surface area contributed by atoms with Crippen molar-refractivity contribution >= 4 is 46.4 Å². The second-order valence-corrected chi connectivity index (χ2v) is 4.90. The van der Waals surface area contributed by atoms with E-state index in [0.717, 1.165) is 0 Å². The van der Waals surface area contributed by atoms with Crippen LogP contribution >= 0.6 is 23.2 Å². The first kappa shape index (κ1) is 16.5. The van der Waals surface area contributed by atoms with E-state index in [-0.39, 0.29) is 18.2 Å². The van der Waals surface area contributed by atoms with Crippen LogP contribution in [0.2, 0.25) is 10.0 Å². The monoisotopic (exact) mass is 315 g/mol. The molecular weight excluding hydrogens is 301 g/mol. The van der Waals surface area contributed by atoms with E-state index in [2.05, 4.69) is 15.8 Å². The molecule has 2 amide bonds. The lowest BCUT2D eigenvalue weighted by Gasteiger charge is -2.06. The van der Waals surface area contributed by atoms with Crippen molar-refractivity contribution in [3.8, 4) is 0 Å². The van der Waals surface area contributed by atoms with Crippen LogP contribution in [-0.2, 0) is 9.59 Å². The van der Waals surface area contributed by atoms with Crippen molar-refractivity contribution in [2.24, 2.45) is 5.10 Å². The molecule has 0 spiro atoms. The molecule has 1 rings (SSSR count). The molecule has 0 atom stereocenters. The molecular formula is C13H15Cl2N3O2. The zero-order valence-corrected chi connectivity index (χ0v) is 12.7. The Kier molecular flexibility index (Phi) is 6.48. The number of nitrogens with zero attached hydrogens (tertiary/aromatic N) is 1. The lowest BCUT2D eigenvalue weighted by molar-refractivity contribution is -0.121. The molecule has 0 radical (unpaired) electrons. The van der Waals surface area contributed by atoms with Gasteiger partial charge in [0.15, 0.2) is 0 Å². The largest absolute Gasteiger partial charge is 0.326 e. The van der Waals surface area contributed by atoms with Crippen LogP contribution in [0.5, 0.6) is 0 Å². The third-order valence-corrected chi connectivity index (χ3v) is 3.05. The van der Waals surface area contributed by atoms with E-state index in [1.807, 2.05) is 0 Å². The quantitative estimate of drug-likeness (QED) is 0.647. The van der Waals surface area contributed by atoms with Gasteiger partial charge in [-0.25, -0.2) is 5.43 Å². The number of hydrogen-bond donors (Lipinski definition) is 2. The second kappa shape index (κ2) is 7.87. The molecule has 0 bridgehead atoms. The average Bonchev–Trinajstić information content (AvgIpc) is 2.40. The van der Waals surface area contributed by atoms with Crippen LogP contribution in [0.1, 0.15) is 26.7 Å². The molecule has 2 N–H and O–H groups in total. The predicted octanol–water partition coefficient (Wildman–Crippen LogP) is 3.22.